The lowest BCUT2D eigenvalue weighted by molar-refractivity contribution is 0.405. The molecule has 2 N–H and O–H groups in total. The van der Waals surface area contributed by atoms with Crippen molar-refractivity contribution in [1.82, 2.24) is 19.9 Å². The molecule has 2 heterocycles. The summed E-state index contributed by atoms with van der Waals surface area (Å²) in [6.45, 7) is 3.99. The van der Waals surface area contributed by atoms with Crippen molar-refractivity contribution in [2.24, 2.45) is 0 Å². The van der Waals surface area contributed by atoms with E-state index in [1.54, 1.807) is 0 Å². The number of nitrogens with one attached hydrogen (secondary N) is 2. The van der Waals surface area contributed by atoms with E-state index in [0.717, 1.165) is 38.5 Å². The second-order valence-corrected chi connectivity index (χ2v) is 5.66. The van der Waals surface area contributed by atoms with Crippen molar-refractivity contribution in [3.05, 3.63) is 0 Å². The zero-order valence-electron chi connectivity index (χ0n) is 13.4. The highest BCUT2D eigenvalue weighted by molar-refractivity contribution is 5.43. The zero-order valence-corrected chi connectivity index (χ0v) is 13.4. The monoisotopic (exact) mass is 293 g/mol. The fraction of sp³-hybridized carbons (Fsp3) is 0.786. The largest absolute Gasteiger partial charge is 0.357 e. The van der Waals surface area contributed by atoms with E-state index in [4.69, 9.17) is 0 Å². The number of nitrogens with zero attached hydrogens (tertiary/aromatic N) is 5. The fourth-order valence-corrected chi connectivity index (χ4v) is 2.39. The molecule has 0 aromatic carbocycles. The number of anilines is 3. The van der Waals surface area contributed by atoms with E-state index in [2.05, 4.69) is 49.5 Å². The number of aromatic nitrogens is 3. The molecule has 0 radical (unpaired) electrons. The summed E-state index contributed by atoms with van der Waals surface area (Å²) in [5, 5.41) is 6.32. The summed E-state index contributed by atoms with van der Waals surface area (Å²) in [4.78, 5) is 17.8. The predicted molar refractivity (Wildman–Crippen MR) is 87.1 cm³/mol. The van der Waals surface area contributed by atoms with Crippen LogP contribution in [0.4, 0.5) is 17.8 Å². The van der Waals surface area contributed by atoms with Gasteiger partial charge in [-0.05, 0) is 46.3 Å². The van der Waals surface area contributed by atoms with Crippen molar-refractivity contribution in [2.45, 2.75) is 25.7 Å². The highest BCUT2D eigenvalue weighted by Gasteiger charge is 2.15. The molecule has 0 aliphatic carbocycles. The Morgan fingerprint density at radius 2 is 1.76 bits per heavy atom. The molecule has 1 aromatic rings. The van der Waals surface area contributed by atoms with Crippen molar-refractivity contribution in [3.8, 4) is 0 Å². The van der Waals surface area contributed by atoms with Gasteiger partial charge in [0.1, 0.15) is 0 Å². The summed E-state index contributed by atoms with van der Waals surface area (Å²) in [5.41, 5.74) is 0. The Hall–Kier alpha value is -1.63. The SMILES string of the molecule is CNc1nc(NCCCN(C)C)nc(N2CCCCC2)n1. The average molecular weight is 293 g/mol. The Bertz CT molecular complexity index is 429. The molecule has 0 atom stereocenters. The van der Waals surface area contributed by atoms with Gasteiger partial charge in [0.2, 0.25) is 17.8 Å². The predicted octanol–water partition coefficient (Wildman–Crippen LogP) is 1.27. The third-order valence-electron chi connectivity index (χ3n) is 3.55. The number of hydrogen-bond donors (Lipinski definition) is 2. The summed E-state index contributed by atoms with van der Waals surface area (Å²) < 4.78 is 0. The minimum Gasteiger partial charge on any atom is -0.357 e. The second kappa shape index (κ2) is 7.97. The van der Waals surface area contributed by atoms with Crippen LogP contribution >= 0.6 is 0 Å². The van der Waals surface area contributed by atoms with Gasteiger partial charge in [0.15, 0.2) is 0 Å². The van der Waals surface area contributed by atoms with E-state index in [1.807, 2.05) is 7.05 Å². The van der Waals surface area contributed by atoms with Gasteiger partial charge in [0.05, 0.1) is 0 Å². The molecule has 1 fully saturated rings. The van der Waals surface area contributed by atoms with Crippen LogP contribution in [0.1, 0.15) is 25.7 Å². The molecule has 1 aliphatic rings. The lowest BCUT2D eigenvalue weighted by Gasteiger charge is -2.26. The fourth-order valence-electron chi connectivity index (χ4n) is 2.39. The van der Waals surface area contributed by atoms with Crippen LogP contribution in [0.5, 0.6) is 0 Å². The molecular formula is C14H27N7. The van der Waals surface area contributed by atoms with Gasteiger partial charge in [-0.15, -0.1) is 0 Å². The van der Waals surface area contributed by atoms with Crippen LogP contribution in [-0.2, 0) is 0 Å². The van der Waals surface area contributed by atoms with E-state index in [-0.39, 0.29) is 0 Å². The molecule has 0 bridgehead atoms. The highest BCUT2D eigenvalue weighted by Crippen LogP contribution is 2.18. The van der Waals surface area contributed by atoms with Gasteiger partial charge in [-0.2, -0.15) is 15.0 Å². The molecular weight excluding hydrogens is 266 g/mol. The quantitative estimate of drug-likeness (QED) is 0.734. The van der Waals surface area contributed by atoms with Crippen LogP contribution in [0.3, 0.4) is 0 Å². The van der Waals surface area contributed by atoms with Crippen molar-refractivity contribution in [3.63, 3.8) is 0 Å². The van der Waals surface area contributed by atoms with E-state index < -0.39 is 0 Å². The molecule has 7 nitrogen and oxygen atoms in total. The van der Waals surface area contributed by atoms with Crippen LogP contribution in [0.25, 0.3) is 0 Å². The topological polar surface area (TPSA) is 69.2 Å². The van der Waals surface area contributed by atoms with E-state index in [0.29, 0.717) is 11.9 Å². The molecule has 1 aromatic heterocycles. The van der Waals surface area contributed by atoms with Crippen molar-refractivity contribution in [1.29, 1.82) is 0 Å². The minimum atomic E-state index is 0.626. The normalized spacial score (nSPS) is 15.3. The molecule has 1 aliphatic heterocycles. The van der Waals surface area contributed by atoms with E-state index in [9.17, 15) is 0 Å². The maximum absolute atomic E-state index is 4.56. The van der Waals surface area contributed by atoms with Gasteiger partial charge in [-0.3, -0.25) is 0 Å². The van der Waals surface area contributed by atoms with Crippen LogP contribution in [0.2, 0.25) is 0 Å². The Balaban J connectivity index is 1.99. The summed E-state index contributed by atoms with van der Waals surface area (Å²) in [6, 6.07) is 0. The molecule has 0 spiro atoms. The Kier molecular flexibility index (Phi) is 5.98. The lowest BCUT2D eigenvalue weighted by atomic mass is 10.1. The van der Waals surface area contributed by atoms with Crippen molar-refractivity contribution >= 4 is 17.8 Å². The second-order valence-electron chi connectivity index (χ2n) is 5.66. The third-order valence-corrected chi connectivity index (χ3v) is 3.55. The summed E-state index contributed by atoms with van der Waals surface area (Å²) in [5.74, 6) is 2.07. The van der Waals surface area contributed by atoms with E-state index >= 15 is 0 Å². The van der Waals surface area contributed by atoms with Crippen molar-refractivity contribution in [2.75, 3.05) is 62.9 Å². The molecule has 2 rings (SSSR count). The van der Waals surface area contributed by atoms with Crippen LogP contribution < -0.4 is 15.5 Å². The molecule has 7 heteroatoms. The third kappa shape index (κ3) is 5.00. The van der Waals surface area contributed by atoms with Crippen LogP contribution in [0, 0.1) is 0 Å². The average Bonchev–Trinajstić information content (AvgIpc) is 2.52. The summed E-state index contributed by atoms with van der Waals surface area (Å²) in [6.07, 6.45) is 4.79. The smallest absolute Gasteiger partial charge is 0.231 e. The van der Waals surface area contributed by atoms with Gasteiger partial charge in [-0.25, -0.2) is 0 Å². The summed E-state index contributed by atoms with van der Waals surface area (Å²) in [7, 11) is 6.00. The highest BCUT2D eigenvalue weighted by atomic mass is 15.3. The molecule has 1 saturated heterocycles. The number of piperidine rings is 1. The maximum atomic E-state index is 4.56. The summed E-state index contributed by atoms with van der Waals surface area (Å²) >= 11 is 0. The number of hydrogen-bond acceptors (Lipinski definition) is 7. The number of rotatable bonds is 7. The van der Waals surface area contributed by atoms with Gasteiger partial charge >= 0.3 is 0 Å². The van der Waals surface area contributed by atoms with Gasteiger partial charge in [0, 0.05) is 26.7 Å². The van der Waals surface area contributed by atoms with Gasteiger partial charge < -0.3 is 20.4 Å². The lowest BCUT2D eigenvalue weighted by Crippen LogP contribution is -2.31. The molecule has 0 amide bonds. The minimum absolute atomic E-state index is 0.626. The first-order valence-electron chi connectivity index (χ1n) is 7.76. The van der Waals surface area contributed by atoms with Gasteiger partial charge in [-0.1, -0.05) is 0 Å². The molecule has 118 valence electrons. The standard InChI is InChI=1S/C14H27N7/c1-15-12-17-13(16-8-7-9-20(2)3)19-14(18-12)21-10-5-4-6-11-21/h4-11H2,1-3H3,(H2,15,16,17,18,19). The van der Waals surface area contributed by atoms with Gasteiger partial charge in [0.25, 0.3) is 0 Å². The Labute approximate surface area is 127 Å². The molecule has 0 saturated carbocycles. The first-order chi connectivity index (χ1) is 10.2. The van der Waals surface area contributed by atoms with Crippen LogP contribution in [0.15, 0.2) is 0 Å². The van der Waals surface area contributed by atoms with Crippen LogP contribution in [-0.4, -0.2) is 67.2 Å². The first kappa shape index (κ1) is 15.8. The molecule has 0 unspecified atom stereocenters. The molecule has 21 heavy (non-hydrogen) atoms. The Morgan fingerprint density at radius 1 is 1.05 bits per heavy atom. The maximum Gasteiger partial charge on any atom is 0.231 e. The first-order valence-corrected chi connectivity index (χ1v) is 7.76. The van der Waals surface area contributed by atoms with Crippen molar-refractivity contribution < 1.29 is 0 Å². The Morgan fingerprint density at radius 3 is 2.43 bits per heavy atom. The van der Waals surface area contributed by atoms with E-state index in [1.165, 1.54) is 19.3 Å². The zero-order chi connectivity index (χ0) is 15.1.